The zero-order valence-electron chi connectivity index (χ0n) is 28.1. The van der Waals surface area contributed by atoms with Gasteiger partial charge >= 0.3 is 0 Å². The molecule has 7 aromatic carbocycles. The van der Waals surface area contributed by atoms with Gasteiger partial charge in [0, 0.05) is 58.9 Å². The monoisotopic (exact) mass is 713 g/mol. The van der Waals surface area contributed by atoms with E-state index in [0.29, 0.717) is 17.5 Å². The Morgan fingerprint density at radius 3 is 1.72 bits per heavy atom. The summed E-state index contributed by atoms with van der Waals surface area (Å²) in [6.07, 6.45) is 0. The molecular formula is C46H27N5S2. The molecule has 4 aromatic heterocycles. The molecule has 0 aliphatic heterocycles. The molecule has 0 amide bonds. The number of thiophene rings is 1. The minimum Gasteiger partial charge on any atom is -0.309 e. The van der Waals surface area contributed by atoms with Crippen LogP contribution in [0.3, 0.4) is 0 Å². The zero-order chi connectivity index (χ0) is 34.9. The Kier molecular flexibility index (Phi) is 6.83. The molecule has 248 valence electrons. The van der Waals surface area contributed by atoms with Crippen LogP contribution >= 0.6 is 22.7 Å². The van der Waals surface area contributed by atoms with E-state index in [2.05, 4.69) is 144 Å². The van der Waals surface area contributed by atoms with Gasteiger partial charge in [-0.25, -0.2) is 19.9 Å². The van der Waals surface area contributed by atoms with Crippen LogP contribution in [0.4, 0.5) is 0 Å². The van der Waals surface area contributed by atoms with Crippen LogP contribution in [-0.4, -0.2) is 24.5 Å². The molecular weight excluding hydrogens is 687 g/mol. The second-order valence-corrected chi connectivity index (χ2v) is 15.2. The van der Waals surface area contributed by atoms with Crippen molar-refractivity contribution in [2.75, 3.05) is 0 Å². The van der Waals surface area contributed by atoms with Crippen LogP contribution in [0.5, 0.6) is 0 Å². The first-order valence-corrected chi connectivity index (χ1v) is 19.1. The summed E-state index contributed by atoms with van der Waals surface area (Å²) in [5.74, 6) is 1.90. The molecule has 0 saturated carbocycles. The second-order valence-electron chi connectivity index (χ2n) is 13.0. The molecule has 0 unspecified atom stereocenters. The molecule has 53 heavy (non-hydrogen) atoms. The van der Waals surface area contributed by atoms with Crippen LogP contribution in [0.2, 0.25) is 0 Å². The standard InChI is InChI=1S/C46H27N5S2/c1-2-13-28(14-3-1)43-48-44(29-15-10-16-30(27-29)51-36-22-7-4-17-31(36)32-18-5-8-23-37(32)51)50-45(49-43)33-19-11-25-39-41(33)42-34(20-12-26-40(42)52-39)46-47-35-21-6-9-24-38(35)53-46/h1-27H. The highest BCUT2D eigenvalue weighted by Gasteiger charge is 2.21. The molecule has 7 heteroatoms. The molecule has 0 aliphatic carbocycles. The largest absolute Gasteiger partial charge is 0.309 e. The van der Waals surface area contributed by atoms with Crippen LogP contribution in [-0.2, 0) is 0 Å². The lowest BCUT2D eigenvalue weighted by atomic mass is 10.0. The van der Waals surface area contributed by atoms with Crippen LogP contribution < -0.4 is 0 Å². The molecule has 0 radical (unpaired) electrons. The minimum absolute atomic E-state index is 0.624. The first-order valence-electron chi connectivity index (χ1n) is 17.5. The van der Waals surface area contributed by atoms with Gasteiger partial charge in [-0.2, -0.15) is 0 Å². The number of rotatable bonds is 5. The Bertz CT molecular complexity index is 3110. The highest BCUT2D eigenvalue weighted by atomic mass is 32.1. The SMILES string of the molecule is c1ccc(-c2nc(-c3cccc(-n4c5ccccc5c5ccccc54)c3)nc(-c3cccc4sc5cccc(-c6nc7ccccc7s6)c5c34)n2)cc1. The molecule has 0 saturated heterocycles. The van der Waals surface area contributed by atoms with Crippen molar-refractivity contribution in [1.29, 1.82) is 0 Å². The summed E-state index contributed by atoms with van der Waals surface area (Å²) in [5, 5.41) is 5.78. The Morgan fingerprint density at radius 2 is 0.962 bits per heavy atom. The smallest absolute Gasteiger partial charge is 0.164 e. The minimum atomic E-state index is 0.624. The number of hydrogen-bond donors (Lipinski definition) is 0. The van der Waals surface area contributed by atoms with Gasteiger partial charge in [-0.3, -0.25) is 0 Å². The quantitative estimate of drug-likeness (QED) is 0.178. The predicted octanol–water partition coefficient (Wildman–Crippen LogP) is 12.6. The number of fused-ring (bicyclic) bond motifs is 7. The van der Waals surface area contributed by atoms with Gasteiger partial charge in [0.15, 0.2) is 17.5 Å². The van der Waals surface area contributed by atoms with Crippen LogP contribution in [0, 0.1) is 0 Å². The van der Waals surface area contributed by atoms with Gasteiger partial charge in [-0.1, -0.05) is 115 Å². The zero-order valence-corrected chi connectivity index (χ0v) is 29.8. The fourth-order valence-electron chi connectivity index (χ4n) is 7.55. The molecule has 0 N–H and O–H groups in total. The summed E-state index contributed by atoms with van der Waals surface area (Å²) < 4.78 is 5.90. The number of para-hydroxylation sites is 3. The van der Waals surface area contributed by atoms with Crippen molar-refractivity contribution in [1.82, 2.24) is 24.5 Å². The first kappa shape index (κ1) is 30.1. The topological polar surface area (TPSA) is 56.5 Å². The van der Waals surface area contributed by atoms with Gasteiger partial charge in [0.1, 0.15) is 5.01 Å². The average Bonchev–Trinajstić information content (AvgIpc) is 3.93. The van der Waals surface area contributed by atoms with Gasteiger partial charge in [-0.05, 0) is 48.5 Å². The van der Waals surface area contributed by atoms with E-state index in [-0.39, 0.29) is 0 Å². The molecule has 11 rings (SSSR count). The van der Waals surface area contributed by atoms with E-state index < -0.39 is 0 Å². The Morgan fingerprint density at radius 1 is 0.396 bits per heavy atom. The lowest BCUT2D eigenvalue weighted by molar-refractivity contribution is 1.07. The normalized spacial score (nSPS) is 11.8. The van der Waals surface area contributed by atoms with Crippen molar-refractivity contribution >= 4 is 74.9 Å². The van der Waals surface area contributed by atoms with Crippen molar-refractivity contribution in [3.05, 3.63) is 164 Å². The number of benzene rings is 7. The maximum absolute atomic E-state index is 5.28. The van der Waals surface area contributed by atoms with Crippen LogP contribution in [0.25, 0.3) is 103 Å². The van der Waals surface area contributed by atoms with E-state index in [1.807, 2.05) is 24.3 Å². The van der Waals surface area contributed by atoms with Crippen molar-refractivity contribution in [3.8, 4) is 50.4 Å². The summed E-state index contributed by atoms with van der Waals surface area (Å²) in [4.78, 5) is 20.7. The second kappa shape index (κ2) is 12.0. The Balaban J connectivity index is 1.14. The summed E-state index contributed by atoms with van der Waals surface area (Å²) >= 11 is 3.52. The van der Waals surface area contributed by atoms with E-state index in [4.69, 9.17) is 19.9 Å². The Labute approximate surface area is 312 Å². The molecule has 4 heterocycles. The highest BCUT2D eigenvalue weighted by molar-refractivity contribution is 7.26. The Hall–Kier alpha value is -6.54. The number of thiazole rings is 1. The van der Waals surface area contributed by atoms with Gasteiger partial charge in [0.2, 0.25) is 0 Å². The van der Waals surface area contributed by atoms with E-state index >= 15 is 0 Å². The van der Waals surface area contributed by atoms with Crippen molar-refractivity contribution in [2.45, 2.75) is 0 Å². The third-order valence-electron chi connectivity index (χ3n) is 9.90. The van der Waals surface area contributed by atoms with Crippen molar-refractivity contribution in [2.24, 2.45) is 0 Å². The summed E-state index contributed by atoms with van der Waals surface area (Å²) in [5.41, 5.74) is 8.34. The van der Waals surface area contributed by atoms with E-state index in [9.17, 15) is 0 Å². The molecule has 0 aliphatic rings. The highest BCUT2D eigenvalue weighted by Crippen LogP contribution is 2.45. The molecule has 0 spiro atoms. The van der Waals surface area contributed by atoms with E-state index in [1.54, 1.807) is 22.7 Å². The molecule has 0 bridgehead atoms. The lowest BCUT2D eigenvalue weighted by Gasteiger charge is -2.12. The predicted molar refractivity (Wildman–Crippen MR) is 222 cm³/mol. The third-order valence-corrected chi connectivity index (χ3v) is 12.1. The number of nitrogens with zero attached hydrogens (tertiary/aromatic N) is 5. The van der Waals surface area contributed by atoms with Crippen LogP contribution in [0.1, 0.15) is 0 Å². The maximum Gasteiger partial charge on any atom is 0.164 e. The fraction of sp³-hybridized carbons (Fsp3) is 0. The van der Waals surface area contributed by atoms with E-state index in [1.165, 1.54) is 30.3 Å². The van der Waals surface area contributed by atoms with Gasteiger partial charge in [-0.15, -0.1) is 22.7 Å². The molecule has 5 nitrogen and oxygen atoms in total. The fourth-order valence-corrected chi connectivity index (χ4v) is 9.70. The number of hydrogen-bond acceptors (Lipinski definition) is 6. The van der Waals surface area contributed by atoms with E-state index in [0.717, 1.165) is 54.9 Å². The van der Waals surface area contributed by atoms with Crippen molar-refractivity contribution in [3.63, 3.8) is 0 Å². The summed E-state index contributed by atoms with van der Waals surface area (Å²) in [7, 11) is 0. The average molecular weight is 714 g/mol. The third kappa shape index (κ3) is 4.89. The van der Waals surface area contributed by atoms with Gasteiger partial charge < -0.3 is 4.57 Å². The molecule has 0 atom stereocenters. The maximum atomic E-state index is 5.28. The van der Waals surface area contributed by atoms with Gasteiger partial charge in [0.05, 0.1) is 21.3 Å². The molecule has 0 fully saturated rings. The number of aromatic nitrogens is 5. The summed E-state index contributed by atoms with van der Waals surface area (Å²) in [6.45, 7) is 0. The van der Waals surface area contributed by atoms with Crippen LogP contribution in [0.15, 0.2) is 164 Å². The summed E-state index contributed by atoms with van der Waals surface area (Å²) in [6, 6.07) is 57.2. The van der Waals surface area contributed by atoms with Crippen molar-refractivity contribution < 1.29 is 0 Å². The molecule has 11 aromatic rings. The first-order chi connectivity index (χ1) is 26.3. The van der Waals surface area contributed by atoms with Gasteiger partial charge in [0.25, 0.3) is 0 Å². The lowest BCUT2D eigenvalue weighted by Crippen LogP contribution is -2.01.